The van der Waals surface area contributed by atoms with E-state index in [1.54, 1.807) is 6.92 Å². The molecule has 0 aliphatic rings. The lowest BCUT2D eigenvalue weighted by Gasteiger charge is -2.04. The van der Waals surface area contributed by atoms with Gasteiger partial charge in [0.1, 0.15) is 11.5 Å². The number of benzene rings is 1. The van der Waals surface area contributed by atoms with Gasteiger partial charge in [-0.2, -0.15) is 0 Å². The topological polar surface area (TPSA) is 81.4 Å². The first kappa shape index (κ1) is 19.8. The molecule has 2 rings (SSSR count). The van der Waals surface area contributed by atoms with E-state index in [0.29, 0.717) is 37.1 Å². The van der Waals surface area contributed by atoms with Gasteiger partial charge in [-0.1, -0.05) is 17.7 Å². The van der Waals surface area contributed by atoms with Crippen LogP contribution >= 0.6 is 0 Å². The van der Waals surface area contributed by atoms with Crippen LogP contribution in [-0.4, -0.2) is 36.4 Å². The van der Waals surface area contributed by atoms with E-state index in [2.05, 4.69) is 10.3 Å². The van der Waals surface area contributed by atoms with Crippen LogP contribution < -0.4 is 5.32 Å². The number of nitrogens with zero attached hydrogens (tertiary/aromatic N) is 1. The third kappa shape index (κ3) is 6.11. The van der Waals surface area contributed by atoms with Crippen LogP contribution in [0.5, 0.6) is 0 Å². The van der Waals surface area contributed by atoms with Gasteiger partial charge in [-0.3, -0.25) is 9.59 Å². The minimum absolute atomic E-state index is 0.0908. The highest BCUT2D eigenvalue weighted by Gasteiger charge is 2.16. The van der Waals surface area contributed by atoms with Gasteiger partial charge in [0.2, 0.25) is 11.8 Å². The second-order valence-electron chi connectivity index (χ2n) is 6.18. The van der Waals surface area contributed by atoms with Crippen molar-refractivity contribution < 1.29 is 18.7 Å². The first-order valence-corrected chi connectivity index (χ1v) is 8.89. The molecule has 2 aromatic rings. The van der Waals surface area contributed by atoms with Crippen LogP contribution in [0.3, 0.4) is 0 Å². The van der Waals surface area contributed by atoms with Crippen molar-refractivity contribution in [1.82, 2.24) is 10.3 Å². The molecule has 1 aromatic heterocycles. The molecule has 0 saturated heterocycles. The number of carbonyl (C=O) groups excluding carboxylic acids is 2. The van der Waals surface area contributed by atoms with Gasteiger partial charge in [0.15, 0.2) is 0 Å². The van der Waals surface area contributed by atoms with Gasteiger partial charge in [-0.25, -0.2) is 4.98 Å². The lowest BCUT2D eigenvalue weighted by atomic mass is 10.1. The first-order valence-electron chi connectivity index (χ1n) is 8.89. The van der Waals surface area contributed by atoms with Crippen LogP contribution in [0.4, 0.5) is 0 Å². The molecule has 0 aliphatic heterocycles. The molecule has 140 valence electrons. The molecule has 26 heavy (non-hydrogen) atoms. The summed E-state index contributed by atoms with van der Waals surface area (Å²) in [6.07, 6.45) is 0.671. The molecule has 6 nitrogen and oxygen atoms in total. The highest BCUT2D eigenvalue weighted by Crippen LogP contribution is 2.22. The van der Waals surface area contributed by atoms with Crippen molar-refractivity contribution in [3.05, 3.63) is 41.3 Å². The zero-order valence-electron chi connectivity index (χ0n) is 15.6. The average molecular weight is 358 g/mol. The zero-order valence-corrected chi connectivity index (χ0v) is 15.6. The number of hydrogen-bond donors (Lipinski definition) is 1. The van der Waals surface area contributed by atoms with Crippen LogP contribution in [0, 0.1) is 13.8 Å². The highest BCUT2D eigenvalue weighted by atomic mass is 16.5. The van der Waals surface area contributed by atoms with Crippen LogP contribution in [-0.2, 0) is 20.7 Å². The van der Waals surface area contributed by atoms with Crippen LogP contribution in [0.2, 0.25) is 0 Å². The Morgan fingerprint density at radius 1 is 1.19 bits per heavy atom. The summed E-state index contributed by atoms with van der Waals surface area (Å²) in [5.41, 5.74) is 2.60. The molecule has 0 saturated carbocycles. The van der Waals surface area contributed by atoms with Gasteiger partial charge in [0.25, 0.3) is 0 Å². The fourth-order valence-electron chi connectivity index (χ4n) is 2.45. The Balaban J connectivity index is 1.85. The number of carbonyl (C=O) groups is 2. The molecule has 0 radical (unpaired) electrons. The van der Waals surface area contributed by atoms with E-state index in [4.69, 9.17) is 9.15 Å². The summed E-state index contributed by atoms with van der Waals surface area (Å²) >= 11 is 0. The van der Waals surface area contributed by atoms with Crippen molar-refractivity contribution in [2.45, 2.75) is 40.0 Å². The predicted molar refractivity (Wildman–Crippen MR) is 98.9 cm³/mol. The lowest BCUT2D eigenvalue weighted by Crippen LogP contribution is -2.27. The summed E-state index contributed by atoms with van der Waals surface area (Å²) in [5.74, 6) is 0.641. The molecular weight excluding hydrogens is 332 g/mol. The molecule has 0 unspecified atom stereocenters. The third-order valence-electron chi connectivity index (χ3n) is 3.91. The van der Waals surface area contributed by atoms with Crippen molar-refractivity contribution in [3.8, 4) is 11.5 Å². The number of aryl methyl sites for hydroxylation is 2. The van der Waals surface area contributed by atoms with Gasteiger partial charge in [-0.15, -0.1) is 0 Å². The third-order valence-corrected chi connectivity index (χ3v) is 3.91. The maximum absolute atomic E-state index is 12.1. The van der Waals surface area contributed by atoms with Crippen molar-refractivity contribution >= 4 is 11.7 Å². The van der Waals surface area contributed by atoms with Gasteiger partial charge >= 0.3 is 0 Å². The van der Waals surface area contributed by atoms with E-state index >= 15 is 0 Å². The minimum atomic E-state index is -0.272. The van der Waals surface area contributed by atoms with Gasteiger partial charge < -0.3 is 14.5 Å². The Bertz CT molecular complexity index is 735. The number of amides is 1. The number of ether oxygens (including phenoxy) is 1. The van der Waals surface area contributed by atoms with Crippen molar-refractivity contribution in [2.75, 3.05) is 19.8 Å². The highest BCUT2D eigenvalue weighted by molar-refractivity contribution is 5.98. The average Bonchev–Trinajstić information content (AvgIpc) is 2.95. The number of oxazole rings is 1. The number of hydrogen-bond acceptors (Lipinski definition) is 5. The molecule has 6 heteroatoms. The van der Waals surface area contributed by atoms with Gasteiger partial charge in [-0.05, 0) is 39.3 Å². The fourth-order valence-corrected chi connectivity index (χ4v) is 2.45. The smallest absolute Gasteiger partial charge is 0.227 e. The Morgan fingerprint density at radius 2 is 1.92 bits per heavy atom. The Morgan fingerprint density at radius 3 is 2.62 bits per heavy atom. The van der Waals surface area contributed by atoms with E-state index in [-0.39, 0.29) is 24.5 Å². The van der Waals surface area contributed by atoms with E-state index < -0.39 is 0 Å². The van der Waals surface area contributed by atoms with Crippen molar-refractivity contribution in [1.29, 1.82) is 0 Å². The van der Waals surface area contributed by atoms with E-state index in [1.165, 1.54) is 0 Å². The molecule has 1 N–H and O–H groups in total. The summed E-state index contributed by atoms with van der Waals surface area (Å²) in [7, 11) is 0. The van der Waals surface area contributed by atoms with Crippen molar-refractivity contribution in [3.63, 3.8) is 0 Å². The number of nitrogens with one attached hydrogen (secondary N) is 1. The maximum Gasteiger partial charge on any atom is 0.227 e. The second kappa shape index (κ2) is 9.87. The van der Waals surface area contributed by atoms with Crippen LogP contribution in [0.15, 0.2) is 28.7 Å². The van der Waals surface area contributed by atoms with E-state index in [0.717, 1.165) is 17.5 Å². The number of rotatable bonds is 10. The molecule has 0 spiro atoms. The minimum Gasteiger partial charge on any atom is -0.441 e. The standard InChI is InChI=1S/C20H26N2O4/c1-4-25-11-5-10-21-19(24)13-17(23)12-18-15(3)26-20(22-18)16-8-6-14(2)7-9-16/h6-9H,4-5,10-13H2,1-3H3,(H,21,24). The molecule has 0 aliphatic carbocycles. The number of aromatic nitrogens is 1. The Hall–Kier alpha value is -2.47. The molecule has 0 atom stereocenters. The second-order valence-corrected chi connectivity index (χ2v) is 6.18. The lowest BCUT2D eigenvalue weighted by molar-refractivity contribution is -0.127. The molecule has 1 amide bonds. The molecular formula is C20H26N2O4. The molecule has 0 fully saturated rings. The van der Waals surface area contributed by atoms with Crippen LogP contribution in [0.1, 0.15) is 36.8 Å². The summed E-state index contributed by atoms with van der Waals surface area (Å²) in [6.45, 7) is 7.48. The summed E-state index contributed by atoms with van der Waals surface area (Å²) in [5, 5.41) is 2.73. The largest absolute Gasteiger partial charge is 0.441 e. The molecule has 1 heterocycles. The van der Waals surface area contributed by atoms with Gasteiger partial charge in [0.05, 0.1) is 18.5 Å². The first-order chi connectivity index (χ1) is 12.5. The van der Waals surface area contributed by atoms with Gasteiger partial charge in [0, 0.05) is 25.3 Å². The summed E-state index contributed by atoms with van der Waals surface area (Å²) < 4.78 is 10.9. The zero-order chi connectivity index (χ0) is 18.9. The molecule has 0 bridgehead atoms. The molecule has 1 aromatic carbocycles. The SMILES string of the molecule is CCOCCCNC(=O)CC(=O)Cc1nc(-c2ccc(C)cc2)oc1C. The van der Waals surface area contributed by atoms with Crippen molar-refractivity contribution in [2.24, 2.45) is 0 Å². The normalized spacial score (nSPS) is 10.7. The summed E-state index contributed by atoms with van der Waals surface area (Å²) in [4.78, 5) is 28.4. The Kier molecular flexibility index (Phi) is 7.53. The quantitative estimate of drug-likeness (QED) is 0.521. The van der Waals surface area contributed by atoms with E-state index in [9.17, 15) is 9.59 Å². The Labute approximate surface area is 154 Å². The fraction of sp³-hybridized carbons (Fsp3) is 0.450. The number of Topliss-reactive ketones (excluding diaryl/α,β-unsaturated/α-hetero) is 1. The summed E-state index contributed by atoms with van der Waals surface area (Å²) in [6, 6.07) is 7.83. The maximum atomic E-state index is 12.1. The van der Waals surface area contributed by atoms with E-state index in [1.807, 2.05) is 38.1 Å². The monoisotopic (exact) mass is 358 g/mol. The number of ketones is 1. The predicted octanol–water partition coefficient (Wildman–Crippen LogP) is 3.00. The van der Waals surface area contributed by atoms with Crippen LogP contribution in [0.25, 0.3) is 11.5 Å².